The van der Waals surface area contributed by atoms with Crippen LogP contribution in [0.3, 0.4) is 0 Å². The first-order valence-electron chi connectivity index (χ1n) is 4.40. The van der Waals surface area contributed by atoms with Gasteiger partial charge in [0.15, 0.2) is 6.79 Å². The molecule has 13 heavy (non-hydrogen) atoms. The lowest BCUT2D eigenvalue weighted by atomic mass is 10.1. The van der Waals surface area contributed by atoms with E-state index in [1.54, 1.807) is 0 Å². The summed E-state index contributed by atoms with van der Waals surface area (Å²) in [7, 11) is 0. The second kappa shape index (κ2) is 3.87. The van der Waals surface area contributed by atoms with Gasteiger partial charge in [0.05, 0.1) is 0 Å². The van der Waals surface area contributed by atoms with Crippen LogP contribution >= 0.6 is 0 Å². The van der Waals surface area contributed by atoms with Gasteiger partial charge < -0.3 is 9.47 Å². The molecule has 70 valence electrons. The summed E-state index contributed by atoms with van der Waals surface area (Å²) in [5.74, 6) is 0. The largest absolute Gasteiger partial charge is 0.313 e. The van der Waals surface area contributed by atoms with Crippen molar-refractivity contribution >= 4 is 0 Å². The fraction of sp³-hybridized carbons (Fsp3) is 0.400. The van der Waals surface area contributed by atoms with Crippen LogP contribution in [0.15, 0.2) is 30.3 Å². The molecule has 3 nitrogen and oxygen atoms in total. The van der Waals surface area contributed by atoms with E-state index < -0.39 is 0 Å². The second-order valence-electron chi connectivity index (χ2n) is 3.08. The molecule has 1 N–H and O–H groups in total. The van der Waals surface area contributed by atoms with Gasteiger partial charge in [0.2, 0.25) is 6.41 Å². The number of hydrogen-bond donors (Lipinski definition) is 1. The van der Waals surface area contributed by atoms with Crippen molar-refractivity contribution in [2.45, 2.75) is 19.4 Å². The van der Waals surface area contributed by atoms with E-state index in [1.165, 1.54) is 5.56 Å². The van der Waals surface area contributed by atoms with Gasteiger partial charge in [-0.1, -0.05) is 30.3 Å². The number of hydrogen-bond acceptors (Lipinski definition) is 3. The van der Waals surface area contributed by atoms with Gasteiger partial charge in [-0.15, -0.1) is 0 Å². The van der Waals surface area contributed by atoms with Crippen LogP contribution in [0.5, 0.6) is 0 Å². The van der Waals surface area contributed by atoms with Crippen LogP contribution in [-0.2, 0) is 9.47 Å². The molecule has 1 atom stereocenters. The van der Waals surface area contributed by atoms with Crippen LogP contribution in [-0.4, -0.2) is 13.2 Å². The molecule has 0 saturated carbocycles. The Kier molecular flexibility index (Phi) is 2.59. The highest BCUT2D eigenvalue weighted by Crippen LogP contribution is 2.14. The molecule has 0 aliphatic carbocycles. The number of ether oxygens (including phenoxy) is 2. The summed E-state index contributed by atoms with van der Waals surface area (Å²) in [6.45, 7) is 2.49. The molecule has 0 spiro atoms. The van der Waals surface area contributed by atoms with E-state index in [1.807, 2.05) is 18.2 Å². The zero-order valence-corrected chi connectivity index (χ0v) is 7.57. The summed E-state index contributed by atoms with van der Waals surface area (Å²) in [6.07, 6.45) is -0.227. The molecule has 1 fully saturated rings. The Balaban J connectivity index is 1.92. The predicted molar refractivity (Wildman–Crippen MR) is 48.8 cm³/mol. The third-order valence-corrected chi connectivity index (χ3v) is 2.12. The van der Waals surface area contributed by atoms with E-state index in [9.17, 15) is 0 Å². The Morgan fingerprint density at radius 1 is 1.31 bits per heavy atom. The van der Waals surface area contributed by atoms with Crippen molar-refractivity contribution in [2.24, 2.45) is 0 Å². The Morgan fingerprint density at radius 3 is 2.54 bits per heavy atom. The van der Waals surface area contributed by atoms with Crippen molar-refractivity contribution in [2.75, 3.05) is 6.79 Å². The van der Waals surface area contributed by atoms with Crippen molar-refractivity contribution in [3.05, 3.63) is 35.9 Å². The summed E-state index contributed by atoms with van der Waals surface area (Å²) < 4.78 is 10.2. The quantitative estimate of drug-likeness (QED) is 0.765. The average molecular weight is 179 g/mol. The lowest BCUT2D eigenvalue weighted by Gasteiger charge is -2.30. The number of benzene rings is 1. The van der Waals surface area contributed by atoms with Crippen LogP contribution in [0.25, 0.3) is 0 Å². The van der Waals surface area contributed by atoms with Gasteiger partial charge in [0, 0.05) is 6.04 Å². The van der Waals surface area contributed by atoms with Crippen LogP contribution in [0.2, 0.25) is 0 Å². The van der Waals surface area contributed by atoms with Crippen molar-refractivity contribution < 1.29 is 9.47 Å². The van der Waals surface area contributed by atoms with Crippen LogP contribution in [0, 0.1) is 0 Å². The van der Waals surface area contributed by atoms with E-state index >= 15 is 0 Å². The van der Waals surface area contributed by atoms with Gasteiger partial charge in [-0.05, 0) is 12.5 Å². The highest BCUT2D eigenvalue weighted by atomic mass is 16.9. The standard InChI is InChI=1S/C10H13NO2/c1-8(11-10-12-7-13-10)9-5-3-2-4-6-9/h2-6,8,10-11H,7H2,1H3/t8-/m0/s1. The molecule has 2 rings (SSSR count). The molecule has 1 aliphatic heterocycles. The Hall–Kier alpha value is -0.900. The third-order valence-electron chi connectivity index (χ3n) is 2.12. The van der Waals surface area contributed by atoms with Crippen molar-refractivity contribution in [3.63, 3.8) is 0 Å². The molecule has 3 heteroatoms. The molecule has 0 radical (unpaired) electrons. The fourth-order valence-corrected chi connectivity index (χ4v) is 1.27. The second-order valence-corrected chi connectivity index (χ2v) is 3.08. The zero-order valence-electron chi connectivity index (χ0n) is 7.57. The maximum atomic E-state index is 5.09. The van der Waals surface area contributed by atoms with E-state index in [0.717, 1.165) is 0 Å². The number of rotatable bonds is 3. The highest BCUT2D eigenvalue weighted by Gasteiger charge is 2.20. The summed E-state index contributed by atoms with van der Waals surface area (Å²) in [5.41, 5.74) is 1.24. The van der Waals surface area contributed by atoms with E-state index in [2.05, 4.69) is 24.4 Å². The summed E-state index contributed by atoms with van der Waals surface area (Å²) >= 11 is 0. The zero-order chi connectivity index (χ0) is 9.10. The maximum absolute atomic E-state index is 5.09. The molecule has 1 heterocycles. The van der Waals surface area contributed by atoms with Gasteiger partial charge >= 0.3 is 0 Å². The third kappa shape index (κ3) is 2.06. The summed E-state index contributed by atoms with van der Waals surface area (Å²) in [6, 6.07) is 10.5. The van der Waals surface area contributed by atoms with Gasteiger partial charge in [0.25, 0.3) is 0 Å². The molecule has 1 aliphatic rings. The van der Waals surface area contributed by atoms with Gasteiger partial charge in [0.1, 0.15) is 0 Å². The minimum Gasteiger partial charge on any atom is -0.313 e. The Bertz CT molecular complexity index is 259. The van der Waals surface area contributed by atoms with Crippen molar-refractivity contribution in [1.29, 1.82) is 0 Å². The normalized spacial score (nSPS) is 19.5. The lowest BCUT2D eigenvalue weighted by Crippen LogP contribution is -2.44. The fourth-order valence-electron chi connectivity index (χ4n) is 1.27. The maximum Gasteiger partial charge on any atom is 0.220 e. The molecular weight excluding hydrogens is 166 g/mol. The topological polar surface area (TPSA) is 30.5 Å². The molecular formula is C10H13NO2. The van der Waals surface area contributed by atoms with Gasteiger partial charge in [-0.3, -0.25) is 5.32 Å². The van der Waals surface area contributed by atoms with E-state index in [4.69, 9.17) is 9.47 Å². The monoisotopic (exact) mass is 179 g/mol. The lowest BCUT2D eigenvalue weighted by molar-refractivity contribution is -0.335. The first-order chi connectivity index (χ1) is 6.36. The van der Waals surface area contributed by atoms with E-state index in [0.29, 0.717) is 6.79 Å². The van der Waals surface area contributed by atoms with Crippen LogP contribution in [0.4, 0.5) is 0 Å². The average Bonchev–Trinajstić information content (AvgIpc) is 2.12. The van der Waals surface area contributed by atoms with Crippen molar-refractivity contribution in [1.82, 2.24) is 5.32 Å². The first-order valence-corrected chi connectivity index (χ1v) is 4.40. The molecule has 0 amide bonds. The van der Waals surface area contributed by atoms with Crippen molar-refractivity contribution in [3.8, 4) is 0 Å². The molecule has 1 aromatic carbocycles. The molecule has 0 bridgehead atoms. The minimum absolute atomic E-state index is 0.227. The summed E-state index contributed by atoms with van der Waals surface area (Å²) in [5, 5.41) is 3.19. The predicted octanol–water partition coefficient (Wildman–Crippen LogP) is 1.63. The smallest absolute Gasteiger partial charge is 0.220 e. The molecule has 1 saturated heterocycles. The molecule has 0 unspecified atom stereocenters. The van der Waals surface area contributed by atoms with Crippen LogP contribution < -0.4 is 5.32 Å². The first kappa shape index (κ1) is 8.69. The summed E-state index contributed by atoms with van der Waals surface area (Å²) in [4.78, 5) is 0. The molecule has 1 aromatic rings. The Morgan fingerprint density at radius 2 is 2.00 bits per heavy atom. The molecule has 0 aromatic heterocycles. The highest BCUT2D eigenvalue weighted by molar-refractivity contribution is 5.17. The van der Waals surface area contributed by atoms with Gasteiger partial charge in [-0.25, -0.2) is 0 Å². The number of nitrogens with one attached hydrogen (secondary N) is 1. The SMILES string of the molecule is C[C@H](NC1OCO1)c1ccccc1. The Labute approximate surface area is 77.7 Å². The minimum atomic E-state index is -0.227. The van der Waals surface area contributed by atoms with Gasteiger partial charge in [-0.2, -0.15) is 0 Å². The van der Waals surface area contributed by atoms with E-state index in [-0.39, 0.29) is 12.5 Å². The van der Waals surface area contributed by atoms with Crippen LogP contribution in [0.1, 0.15) is 18.5 Å².